The number of aryl methyl sites for hydroxylation is 1. The van der Waals surface area contributed by atoms with Crippen LogP contribution in [0.1, 0.15) is 26.3 Å². The quantitative estimate of drug-likeness (QED) is 0.195. The zero-order valence-electron chi connectivity index (χ0n) is 27.9. The fraction of sp³-hybridized carbons (Fsp3) is 0.167. The highest BCUT2D eigenvalue weighted by Crippen LogP contribution is 2.48. The Morgan fingerprint density at radius 3 is 2.23 bits per heavy atom. The molecule has 9 rings (SSSR count). The number of ether oxygens (including phenoxy) is 1. The van der Waals surface area contributed by atoms with Gasteiger partial charge in [0.05, 0.1) is 34.6 Å². The topological polar surface area (TPSA) is 38.5 Å². The van der Waals surface area contributed by atoms with Crippen LogP contribution in [0, 0.1) is 0 Å². The van der Waals surface area contributed by atoms with Crippen molar-refractivity contribution in [3.05, 3.63) is 127 Å². The number of nitrogens with zero attached hydrogens (tertiary/aromatic N) is 5. The lowest BCUT2D eigenvalue weighted by atomic mass is 9.88. The number of hydrogen-bond donors (Lipinski definition) is 0. The van der Waals surface area contributed by atoms with Crippen LogP contribution < -0.4 is 14.5 Å². The maximum atomic E-state index is 6.62. The molecule has 0 saturated carbocycles. The van der Waals surface area contributed by atoms with Crippen LogP contribution in [0.3, 0.4) is 0 Å². The largest absolute Gasteiger partial charge is 0.457 e. The molecule has 0 aliphatic carbocycles. The monoisotopic (exact) mass is 627 g/mol. The number of aromatic nitrogens is 3. The third kappa shape index (κ3) is 4.29. The van der Waals surface area contributed by atoms with Crippen molar-refractivity contribution >= 4 is 60.7 Å². The molecular formula is C42H37N5O. The molecule has 48 heavy (non-hydrogen) atoms. The molecule has 0 saturated heterocycles. The first-order valence-corrected chi connectivity index (χ1v) is 16.5. The highest BCUT2D eigenvalue weighted by Gasteiger charge is 2.29. The van der Waals surface area contributed by atoms with E-state index in [2.05, 4.69) is 163 Å². The lowest BCUT2D eigenvalue weighted by molar-refractivity contribution is 0.483. The zero-order valence-corrected chi connectivity index (χ0v) is 27.9. The first-order chi connectivity index (χ1) is 23.3. The van der Waals surface area contributed by atoms with Gasteiger partial charge in [-0.2, -0.15) is 0 Å². The Balaban J connectivity index is 1.11. The van der Waals surface area contributed by atoms with E-state index in [0.717, 1.165) is 40.7 Å². The van der Waals surface area contributed by atoms with Gasteiger partial charge in [-0.1, -0.05) is 63.2 Å². The zero-order chi connectivity index (χ0) is 32.7. The summed E-state index contributed by atoms with van der Waals surface area (Å²) in [6.45, 7) is 7.47. The van der Waals surface area contributed by atoms with Gasteiger partial charge in [0.15, 0.2) is 0 Å². The number of para-hydroxylation sites is 2. The second kappa shape index (κ2) is 10.4. The standard InChI is InChI=1S/C42H37N5O/c1-42(2,3)27-21-22-43-39(23-27)47-35-16-9-6-13-31(35)32-18-17-30(25-38(32)47)48-29-12-10-11-28(24-29)46-26-44(4)41-37(46)20-19-36-40(41)33-14-7-8-15-34(33)45(36)5/h6-25H,26H2,1-5H3. The van der Waals surface area contributed by atoms with E-state index in [0.29, 0.717) is 0 Å². The molecule has 6 nitrogen and oxygen atoms in total. The average molecular weight is 628 g/mol. The second-order valence-corrected chi connectivity index (χ2v) is 14.0. The van der Waals surface area contributed by atoms with Crippen LogP contribution in [-0.2, 0) is 12.5 Å². The van der Waals surface area contributed by atoms with E-state index >= 15 is 0 Å². The smallest absolute Gasteiger partial charge is 0.137 e. The summed E-state index contributed by atoms with van der Waals surface area (Å²) in [6.07, 6.45) is 1.92. The van der Waals surface area contributed by atoms with Crippen LogP contribution in [0.25, 0.3) is 49.4 Å². The highest BCUT2D eigenvalue weighted by atomic mass is 16.5. The van der Waals surface area contributed by atoms with Crippen LogP contribution >= 0.6 is 0 Å². The van der Waals surface area contributed by atoms with Gasteiger partial charge < -0.3 is 19.1 Å². The van der Waals surface area contributed by atoms with Crippen LogP contribution in [0.4, 0.5) is 17.1 Å². The summed E-state index contributed by atoms with van der Waals surface area (Å²) < 4.78 is 11.2. The normalized spacial score (nSPS) is 13.4. The Bertz CT molecular complexity index is 2550. The molecule has 8 aromatic rings. The molecular weight excluding hydrogens is 590 g/mol. The predicted molar refractivity (Wildman–Crippen MR) is 200 cm³/mol. The Hall–Kier alpha value is -5.75. The third-order valence-electron chi connectivity index (χ3n) is 9.91. The Kier molecular flexibility index (Phi) is 6.15. The van der Waals surface area contributed by atoms with Crippen molar-refractivity contribution in [3.8, 4) is 17.3 Å². The van der Waals surface area contributed by atoms with E-state index in [9.17, 15) is 0 Å². The van der Waals surface area contributed by atoms with Crippen molar-refractivity contribution in [1.29, 1.82) is 0 Å². The summed E-state index contributed by atoms with van der Waals surface area (Å²) in [5.74, 6) is 2.49. The van der Waals surface area contributed by atoms with Gasteiger partial charge >= 0.3 is 0 Å². The van der Waals surface area contributed by atoms with Gasteiger partial charge in [0.2, 0.25) is 0 Å². The van der Waals surface area contributed by atoms with Crippen LogP contribution in [0.2, 0.25) is 0 Å². The van der Waals surface area contributed by atoms with E-state index in [4.69, 9.17) is 9.72 Å². The molecule has 236 valence electrons. The fourth-order valence-corrected chi connectivity index (χ4v) is 7.52. The molecule has 4 heterocycles. The van der Waals surface area contributed by atoms with Crippen molar-refractivity contribution in [2.45, 2.75) is 26.2 Å². The van der Waals surface area contributed by atoms with E-state index in [1.165, 1.54) is 49.5 Å². The Morgan fingerprint density at radius 1 is 0.646 bits per heavy atom. The Labute approximate surface area is 280 Å². The molecule has 0 amide bonds. The van der Waals surface area contributed by atoms with E-state index in [1.807, 2.05) is 12.3 Å². The molecule has 0 spiro atoms. The van der Waals surface area contributed by atoms with Crippen molar-refractivity contribution in [2.24, 2.45) is 7.05 Å². The molecule has 6 heteroatoms. The molecule has 1 aliphatic rings. The minimum atomic E-state index is 0.0152. The van der Waals surface area contributed by atoms with Gasteiger partial charge in [-0.3, -0.25) is 4.57 Å². The van der Waals surface area contributed by atoms with Crippen molar-refractivity contribution in [2.75, 3.05) is 23.5 Å². The summed E-state index contributed by atoms with van der Waals surface area (Å²) in [4.78, 5) is 9.57. The average Bonchev–Trinajstić information content (AvgIpc) is 3.71. The molecule has 3 aromatic heterocycles. The van der Waals surface area contributed by atoms with Crippen LogP contribution in [0.5, 0.6) is 11.5 Å². The summed E-state index contributed by atoms with van der Waals surface area (Å²) in [5, 5.41) is 4.95. The Morgan fingerprint density at radius 2 is 1.40 bits per heavy atom. The summed E-state index contributed by atoms with van der Waals surface area (Å²) in [7, 11) is 4.34. The van der Waals surface area contributed by atoms with E-state index in [-0.39, 0.29) is 5.41 Å². The maximum absolute atomic E-state index is 6.62. The number of fused-ring (bicyclic) bond motifs is 8. The van der Waals surface area contributed by atoms with Gasteiger partial charge in [0.1, 0.15) is 17.3 Å². The first kappa shape index (κ1) is 28.5. The molecule has 1 aliphatic heterocycles. The van der Waals surface area contributed by atoms with Gasteiger partial charge in [0, 0.05) is 65.2 Å². The molecule has 0 radical (unpaired) electrons. The number of rotatable bonds is 4. The number of anilines is 3. The van der Waals surface area contributed by atoms with Crippen molar-refractivity contribution in [3.63, 3.8) is 0 Å². The molecule has 0 N–H and O–H groups in total. The van der Waals surface area contributed by atoms with Gasteiger partial charge in [0.25, 0.3) is 0 Å². The van der Waals surface area contributed by atoms with E-state index < -0.39 is 0 Å². The fourth-order valence-electron chi connectivity index (χ4n) is 7.52. The summed E-state index contributed by atoms with van der Waals surface area (Å²) in [6, 6.07) is 40.8. The summed E-state index contributed by atoms with van der Waals surface area (Å²) in [5.41, 5.74) is 9.51. The second-order valence-electron chi connectivity index (χ2n) is 14.0. The van der Waals surface area contributed by atoms with Crippen LogP contribution in [0.15, 0.2) is 121 Å². The number of hydrogen-bond acceptors (Lipinski definition) is 4. The molecule has 0 fully saturated rings. The SMILES string of the molecule is CN1CN(c2cccc(Oc3ccc4c5ccccc5n(-c5cc(C(C)(C)C)ccn5)c4c3)c2)c2ccc3c(c21)c1ccccc1n3C. The number of benzene rings is 5. The number of pyridine rings is 1. The molecule has 0 bridgehead atoms. The lowest BCUT2D eigenvalue weighted by Crippen LogP contribution is -2.23. The maximum Gasteiger partial charge on any atom is 0.137 e. The first-order valence-electron chi connectivity index (χ1n) is 16.5. The van der Waals surface area contributed by atoms with Gasteiger partial charge in [-0.25, -0.2) is 4.98 Å². The molecule has 0 atom stereocenters. The summed E-state index contributed by atoms with van der Waals surface area (Å²) >= 11 is 0. The van der Waals surface area contributed by atoms with Gasteiger partial charge in [-0.15, -0.1) is 0 Å². The van der Waals surface area contributed by atoms with Gasteiger partial charge in [-0.05, 0) is 71.6 Å². The van der Waals surface area contributed by atoms with Crippen LogP contribution in [-0.4, -0.2) is 27.8 Å². The van der Waals surface area contributed by atoms with Crippen molar-refractivity contribution < 1.29 is 4.74 Å². The van der Waals surface area contributed by atoms with E-state index in [1.54, 1.807) is 0 Å². The predicted octanol–water partition coefficient (Wildman–Crippen LogP) is 10.5. The minimum Gasteiger partial charge on any atom is -0.457 e. The lowest BCUT2D eigenvalue weighted by Gasteiger charge is -2.20. The molecule has 5 aromatic carbocycles. The minimum absolute atomic E-state index is 0.0152. The highest BCUT2D eigenvalue weighted by molar-refractivity contribution is 6.18. The third-order valence-corrected chi connectivity index (χ3v) is 9.91. The van der Waals surface area contributed by atoms with Crippen molar-refractivity contribution in [1.82, 2.24) is 14.1 Å². The molecule has 0 unspecified atom stereocenters.